The Morgan fingerprint density at radius 3 is 2.79 bits per heavy atom. The number of rotatable bonds is 4. The van der Waals surface area contributed by atoms with Crippen LogP contribution in [0, 0.1) is 0 Å². The van der Waals surface area contributed by atoms with Gasteiger partial charge in [-0.25, -0.2) is 0 Å². The summed E-state index contributed by atoms with van der Waals surface area (Å²) in [5, 5.41) is 12.6. The van der Waals surface area contributed by atoms with Crippen molar-refractivity contribution in [3.63, 3.8) is 0 Å². The van der Waals surface area contributed by atoms with E-state index in [9.17, 15) is 0 Å². The lowest BCUT2D eigenvalue weighted by Gasteiger charge is -2.36. The lowest BCUT2D eigenvalue weighted by atomic mass is 9.97. The highest BCUT2D eigenvalue weighted by Gasteiger charge is 2.24. The number of likely N-dealkylation sites (tertiary alicyclic amines) is 1. The van der Waals surface area contributed by atoms with Crippen molar-refractivity contribution in [2.45, 2.75) is 44.7 Å². The predicted octanol–water partition coefficient (Wildman–Crippen LogP) is 0.831. The number of nitrogens with one attached hydrogen (secondary N) is 1. The molecule has 1 atom stereocenters. The maximum absolute atomic E-state index is 8.93. The largest absolute Gasteiger partial charge is 0.396 e. The second-order valence-corrected chi connectivity index (χ2v) is 5.10. The van der Waals surface area contributed by atoms with Gasteiger partial charge in [-0.2, -0.15) is 0 Å². The number of aliphatic hydroxyl groups excluding tert-OH is 1. The first-order valence-electron chi connectivity index (χ1n) is 5.60. The van der Waals surface area contributed by atoms with Crippen molar-refractivity contribution < 1.29 is 5.11 Å². The van der Waals surface area contributed by atoms with Gasteiger partial charge in [0.1, 0.15) is 0 Å². The second kappa shape index (κ2) is 5.10. The number of hydrogen-bond acceptors (Lipinski definition) is 3. The first-order valence-corrected chi connectivity index (χ1v) is 5.60. The molecule has 0 aromatic rings. The average Bonchev–Trinajstić information content (AvgIpc) is 2.02. The van der Waals surface area contributed by atoms with Crippen molar-refractivity contribution in [3.8, 4) is 0 Å². The third-order valence-corrected chi connectivity index (χ3v) is 2.96. The molecule has 3 heteroatoms. The molecule has 1 rings (SSSR count). The zero-order valence-corrected chi connectivity index (χ0v) is 9.71. The topological polar surface area (TPSA) is 35.5 Å². The van der Waals surface area contributed by atoms with Crippen molar-refractivity contribution >= 4 is 0 Å². The van der Waals surface area contributed by atoms with Crippen LogP contribution in [0.1, 0.15) is 33.1 Å². The summed E-state index contributed by atoms with van der Waals surface area (Å²) in [7, 11) is 2.17. The van der Waals surface area contributed by atoms with Gasteiger partial charge in [0.05, 0.1) is 0 Å². The summed E-state index contributed by atoms with van der Waals surface area (Å²) in [6.07, 6.45) is 3.37. The summed E-state index contributed by atoms with van der Waals surface area (Å²) in [5.41, 5.74) is 0.0671. The monoisotopic (exact) mass is 200 g/mol. The van der Waals surface area contributed by atoms with Gasteiger partial charge in [-0.1, -0.05) is 0 Å². The number of hydrogen-bond donors (Lipinski definition) is 2. The fourth-order valence-electron chi connectivity index (χ4n) is 2.19. The van der Waals surface area contributed by atoms with Crippen molar-refractivity contribution in [2.24, 2.45) is 0 Å². The molecule has 0 spiro atoms. The molecule has 1 saturated heterocycles. The summed E-state index contributed by atoms with van der Waals surface area (Å²) in [4.78, 5) is 2.37. The Hall–Kier alpha value is -0.120. The highest BCUT2D eigenvalue weighted by Crippen LogP contribution is 2.14. The van der Waals surface area contributed by atoms with Crippen LogP contribution in [0.5, 0.6) is 0 Å². The van der Waals surface area contributed by atoms with Crippen molar-refractivity contribution in [1.29, 1.82) is 0 Å². The van der Waals surface area contributed by atoms with Gasteiger partial charge in [-0.15, -0.1) is 0 Å². The lowest BCUT2D eigenvalue weighted by Crippen LogP contribution is -2.52. The predicted molar refractivity (Wildman–Crippen MR) is 59.4 cm³/mol. The van der Waals surface area contributed by atoms with Crippen molar-refractivity contribution in [2.75, 3.05) is 26.7 Å². The first-order chi connectivity index (χ1) is 6.53. The zero-order valence-electron chi connectivity index (χ0n) is 9.71. The first kappa shape index (κ1) is 12.0. The molecular formula is C11H24N2O. The molecule has 14 heavy (non-hydrogen) atoms. The summed E-state index contributed by atoms with van der Waals surface area (Å²) in [6.45, 7) is 6.95. The van der Waals surface area contributed by atoms with Crippen LogP contribution in [0.4, 0.5) is 0 Å². The van der Waals surface area contributed by atoms with Gasteiger partial charge in [0.2, 0.25) is 0 Å². The van der Waals surface area contributed by atoms with Gasteiger partial charge >= 0.3 is 0 Å². The molecule has 0 aromatic carbocycles. The minimum Gasteiger partial charge on any atom is -0.396 e. The Kier molecular flexibility index (Phi) is 4.35. The maximum Gasteiger partial charge on any atom is 0.0448 e. The fraction of sp³-hybridized carbons (Fsp3) is 1.00. The van der Waals surface area contributed by atoms with Crippen LogP contribution in [0.25, 0.3) is 0 Å². The van der Waals surface area contributed by atoms with E-state index in [1.807, 2.05) is 0 Å². The van der Waals surface area contributed by atoms with Gasteiger partial charge in [0.15, 0.2) is 0 Å². The maximum atomic E-state index is 8.93. The van der Waals surface area contributed by atoms with Gasteiger partial charge in [-0.3, -0.25) is 0 Å². The van der Waals surface area contributed by atoms with Crippen LogP contribution in [0.2, 0.25) is 0 Å². The molecule has 0 radical (unpaired) electrons. The molecule has 1 aliphatic heterocycles. The van der Waals surface area contributed by atoms with E-state index in [4.69, 9.17) is 5.11 Å². The Morgan fingerprint density at radius 2 is 2.21 bits per heavy atom. The molecule has 84 valence electrons. The van der Waals surface area contributed by atoms with E-state index in [1.54, 1.807) is 0 Å². The Morgan fingerprint density at radius 1 is 1.50 bits per heavy atom. The van der Waals surface area contributed by atoms with Crippen LogP contribution in [-0.2, 0) is 0 Å². The Labute approximate surface area is 87.5 Å². The third kappa shape index (κ3) is 3.95. The normalized spacial score (nSPS) is 25.3. The van der Waals surface area contributed by atoms with Gasteiger partial charge in [0, 0.05) is 24.7 Å². The summed E-state index contributed by atoms with van der Waals surface area (Å²) >= 11 is 0. The molecule has 0 amide bonds. The molecular weight excluding hydrogens is 176 g/mol. The van der Waals surface area contributed by atoms with Crippen molar-refractivity contribution in [1.82, 2.24) is 10.2 Å². The number of likely N-dealkylation sites (N-methyl/N-ethyl adjacent to an activating group) is 1. The highest BCUT2D eigenvalue weighted by molar-refractivity contribution is 4.85. The molecule has 0 saturated carbocycles. The standard InChI is InChI=1S/C11H24N2O/c1-11(2,6-8-14)12-10-5-4-7-13(3)9-10/h10,12,14H,4-9H2,1-3H3. The lowest BCUT2D eigenvalue weighted by molar-refractivity contribution is 0.172. The number of piperidine rings is 1. The SMILES string of the molecule is CN1CCCC(NC(C)(C)CCO)C1. The molecule has 3 nitrogen and oxygen atoms in total. The van der Waals surface area contributed by atoms with E-state index in [2.05, 4.69) is 31.1 Å². The molecule has 0 bridgehead atoms. The van der Waals surface area contributed by atoms with Crippen LogP contribution in [0.15, 0.2) is 0 Å². The molecule has 1 aliphatic rings. The molecule has 0 aromatic heterocycles. The minimum atomic E-state index is 0.0671. The quantitative estimate of drug-likeness (QED) is 0.705. The molecule has 1 unspecified atom stereocenters. The minimum absolute atomic E-state index is 0.0671. The van der Waals surface area contributed by atoms with E-state index in [1.165, 1.54) is 19.4 Å². The molecule has 1 fully saturated rings. The molecule has 0 aliphatic carbocycles. The Bertz CT molecular complexity index is 171. The van der Waals surface area contributed by atoms with E-state index in [0.29, 0.717) is 6.04 Å². The summed E-state index contributed by atoms with van der Waals surface area (Å²) in [5.74, 6) is 0. The van der Waals surface area contributed by atoms with E-state index in [-0.39, 0.29) is 12.1 Å². The van der Waals surface area contributed by atoms with Gasteiger partial charge < -0.3 is 15.3 Å². The van der Waals surface area contributed by atoms with Crippen LogP contribution in [-0.4, -0.2) is 48.3 Å². The van der Waals surface area contributed by atoms with Gasteiger partial charge in [-0.05, 0) is 46.7 Å². The third-order valence-electron chi connectivity index (χ3n) is 2.96. The Balaban J connectivity index is 2.34. The summed E-state index contributed by atoms with van der Waals surface area (Å²) in [6, 6.07) is 0.593. The van der Waals surface area contributed by atoms with E-state index >= 15 is 0 Å². The van der Waals surface area contributed by atoms with Crippen LogP contribution in [0.3, 0.4) is 0 Å². The van der Waals surface area contributed by atoms with E-state index in [0.717, 1.165) is 13.0 Å². The van der Waals surface area contributed by atoms with Crippen LogP contribution >= 0.6 is 0 Å². The van der Waals surface area contributed by atoms with Crippen LogP contribution < -0.4 is 5.32 Å². The van der Waals surface area contributed by atoms with Crippen molar-refractivity contribution in [3.05, 3.63) is 0 Å². The summed E-state index contributed by atoms with van der Waals surface area (Å²) < 4.78 is 0. The van der Waals surface area contributed by atoms with E-state index < -0.39 is 0 Å². The fourth-order valence-corrected chi connectivity index (χ4v) is 2.19. The highest BCUT2D eigenvalue weighted by atomic mass is 16.3. The average molecular weight is 200 g/mol. The molecule has 1 heterocycles. The number of nitrogens with zero attached hydrogens (tertiary/aromatic N) is 1. The number of aliphatic hydroxyl groups is 1. The second-order valence-electron chi connectivity index (χ2n) is 5.10. The zero-order chi connectivity index (χ0) is 10.6. The van der Waals surface area contributed by atoms with Gasteiger partial charge in [0.25, 0.3) is 0 Å². The molecule has 2 N–H and O–H groups in total. The smallest absolute Gasteiger partial charge is 0.0448 e.